The predicted molar refractivity (Wildman–Crippen MR) is 122 cm³/mol. The van der Waals surface area contributed by atoms with Gasteiger partial charge in [0.25, 0.3) is 0 Å². The summed E-state index contributed by atoms with van der Waals surface area (Å²) in [6.07, 6.45) is 1.79. The molecule has 0 radical (unpaired) electrons. The van der Waals surface area contributed by atoms with Crippen molar-refractivity contribution in [3.05, 3.63) is 77.4 Å². The Morgan fingerprint density at radius 1 is 1.17 bits per heavy atom. The molecule has 0 spiro atoms. The zero-order chi connectivity index (χ0) is 21.3. The van der Waals surface area contributed by atoms with Crippen LogP contribution in [0.25, 0.3) is 0 Å². The van der Waals surface area contributed by atoms with Gasteiger partial charge in [-0.1, -0.05) is 18.2 Å². The maximum absolute atomic E-state index is 10.6. The molecule has 1 aliphatic rings. The molecule has 1 saturated heterocycles. The number of hydrogen-bond acceptors (Lipinski definition) is 4. The molecule has 1 fully saturated rings. The average molecular weight is 423 g/mol. The number of phenolic OH excluding ortho intramolecular Hbond substituents is 1. The van der Waals surface area contributed by atoms with Crippen LogP contribution in [0, 0.1) is 13.8 Å². The summed E-state index contributed by atoms with van der Waals surface area (Å²) in [4.78, 5) is 6.60. The molecule has 0 bridgehead atoms. The maximum Gasteiger partial charge on any atom is 0.174 e. The van der Waals surface area contributed by atoms with Crippen LogP contribution in [0.5, 0.6) is 5.75 Å². The Balaban J connectivity index is 1.86. The lowest BCUT2D eigenvalue weighted by molar-refractivity contribution is 0.186. The number of hydrogen-bond donors (Lipinski definition) is 2. The summed E-state index contributed by atoms with van der Waals surface area (Å²) in [5.74, 6) is 0.196. The molecule has 156 valence electrons. The number of anilines is 1. The second-order valence-corrected chi connectivity index (χ2v) is 7.84. The predicted octanol–water partition coefficient (Wildman–Crippen LogP) is 4.03. The van der Waals surface area contributed by atoms with Gasteiger partial charge in [0.2, 0.25) is 0 Å². The van der Waals surface area contributed by atoms with E-state index in [0.29, 0.717) is 17.4 Å². The molecule has 7 heteroatoms. The van der Waals surface area contributed by atoms with Crippen LogP contribution in [0.4, 0.5) is 5.69 Å². The van der Waals surface area contributed by atoms with Gasteiger partial charge >= 0.3 is 0 Å². The Bertz CT molecular complexity index is 1050. The van der Waals surface area contributed by atoms with Crippen molar-refractivity contribution < 1.29 is 9.84 Å². The molecular formula is C23H26N4O2S. The Labute approximate surface area is 182 Å². The number of para-hydroxylation sites is 2. The average Bonchev–Trinajstić information content (AvgIpc) is 3.23. The van der Waals surface area contributed by atoms with Crippen LogP contribution in [0.2, 0.25) is 0 Å². The summed E-state index contributed by atoms with van der Waals surface area (Å²) >= 11 is 5.74. The molecule has 2 aromatic heterocycles. The van der Waals surface area contributed by atoms with E-state index in [1.807, 2.05) is 41.3 Å². The first-order valence-electron chi connectivity index (χ1n) is 9.97. The van der Waals surface area contributed by atoms with Crippen molar-refractivity contribution in [3.63, 3.8) is 0 Å². The number of benzene rings is 1. The normalized spacial score (nSPS) is 18.6. The number of ether oxygens (including phenoxy) is 1. The Morgan fingerprint density at radius 3 is 2.63 bits per heavy atom. The van der Waals surface area contributed by atoms with Crippen LogP contribution in [-0.4, -0.2) is 33.5 Å². The molecular weight excluding hydrogens is 396 g/mol. The molecule has 2 atom stereocenters. The highest BCUT2D eigenvalue weighted by Crippen LogP contribution is 2.45. The van der Waals surface area contributed by atoms with Crippen LogP contribution in [-0.2, 0) is 11.3 Å². The minimum atomic E-state index is -0.150. The SMILES string of the molecule is COCCn1c(C)cc([C@H]2[C@@H](c3ccccn3)NC(=S)N2c2ccccc2O)c1C. The van der Waals surface area contributed by atoms with Gasteiger partial charge in [-0.2, -0.15) is 0 Å². The fraction of sp³-hybridized carbons (Fsp3) is 0.304. The van der Waals surface area contributed by atoms with Gasteiger partial charge < -0.3 is 24.6 Å². The van der Waals surface area contributed by atoms with Crippen LogP contribution in [0.3, 0.4) is 0 Å². The Morgan fingerprint density at radius 2 is 1.93 bits per heavy atom. The van der Waals surface area contributed by atoms with Crippen molar-refractivity contribution in [2.24, 2.45) is 0 Å². The smallest absolute Gasteiger partial charge is 0.174 e. The van der Waals surface area contributed by atoms with Gasteiger partial charge in [-0.3, -0.25) is 4.98 Å². The minimum Gasteiger partial charge on any atom is -0.506 e. The van der Waals surface area contributed by atoms with E-state index in [-0.39, 0.29) is 17.8 Å². The topological polar surface area (TPSA) is 62.5 Å². The number of phenols is 1. The molecule has 3 aromatic rings. The number of aromatic hydroxyl groups is 1. The van der Waals surface area contributed by atoms with Gasteiger partial charge in [-0.25, -0.2) is 0 Å². The molecule has 1 aromatic carbocycles. The summed E-state index contributed by atoms with van der Waals surface area (Å²) in [5.41, 5.74) is 5.05. The molecule has 1 aliphatic heterocycles. The van der Waals surface area contributed by atoms with Crippen LogP contribution in [0.1, 0.15) is 34.7 Å². The Hall–Kier alpha value is -2.90. The monoisotopic (exact) mass is 422 g/mol. The van der Waals surface area contributed by atoms with Gasteiger partial charge in [0.1, 0.15) is 5.75 Å². The Kier molecular flexibility index (Phi) is 5.74. The van der Waals surface area contributed by atoms with E-state index in [2.05, 4.69) is 34.8 Å². The largest absolute Gasteiger partial charge is 0.506 e. The standard InChI is InChI=1S/C23H26N4O2S/c1-15-14-17(16(2)26(15)12-13-29-3)22-21(18-8-6-7-11-24-18)25-23(30)27(22)19-9-4-5-10-20(19)28/h4-11,14,21-22,28H,12-13H2,1-3H3,(H,25,30)/t21-,22+/m1/s1. The number of thiocarbonyl (C=S) groups is 1. The lowest BCUT2D eigenvalue weighted by Crippen LogP contribution is -2.29. The summed E-state index contributed by atoms with van der Waals surface area (Å²) in [5, 5.41) is 14.6. The van der Waals surface area contributed by atoms with Gasteiger partial charge in [-0.15, -0.1) is 0 Å². The third kappa shape index (κ3) is 3.55. The number of aromatic nitrogens is 2. The molecule has 6 nitrogen and oxygen atoms in total. The first kappa shape index (κ1) is 20.4. The van der Waals surface area contributed by atoms with Crippen molar-refractivity contribution in [2.45, 2.75) is 32.5 Å². The highest BCUT2D eigenvalue weighted by Gasteiger charge is 2.42. The first-order valence-corrected chi connectivity index (χ1v) is 10.4. The molecule has 0 aliphatic carbocycles. The fourth-order valence-corrected chi connectivity index (χ4v) is 4.59. The number of nitrogens with zero attached hydrogens (tertiary/aromatic N) is 3. The second-order valence-electron chi connectivity index (χ2n) is 7.46. The number of methoxy groups -OCH3 is 1. The van der Waals surface area contributed by atoms with Gasteiger partial charge in [0, 0.05) is 31.2 Å². The van der Waals surface area contributed by atoms with E-state index in [4.69, 9.17) is 17.0 Å². The highest BCUT2D eigenvalue weighted by atomic mass is 32.1. The number of aryl methyl sites for hydroxylation is 1. The number of pyridine rings is 1. The molecule has 4 rings (SSSR count). The maximum atomic E-state index is 10.6. The highest BCUT2D eigenvalue weighted by molar-refractivity contribution is 7.80. The lowest BCUT2D eigenvalue weighted by Gasteiger charge is -2.28. The van der Waals surface area contributed by atoms with Crippen LogP contribution >= 0.6 is 12.2 Å². The van der Waals surface area contributed by atoms with Gasteiger partial charge in [-0.05, 0) is 62.0 Å². The quantitative estimate of drug-likeness (QED) is 0.585. The fourth-order valence-electron chi connectivity index (χ4n) is 4.25. The van der Waals surface area contributed by atoms with Crippen LogP contribution < -0.4 is 10.2 Å². The molecule has 3 heterocycles. The molecule has 0 saturated carbocycles. The van der Waals surface area contributed by atoms with Crippen molar-refractivity contribution >= 4 is 23.0 Å². The lowest BCUT2D eigenvalue weighted by atomic mass is 9.96. The molecule has 30 heavy (non-hydrogen) atoms. The number of rotatable bonds is 6. The van der Waals surface area contributed by atoms with Crippen molar-refractivity contribution in [2.75, 3.05) is 18.6 Å². The van der Waals surface area contributed by atoms with E-state index in [0.717, 1.165) is 29.2 Å². The molecule has 0 unspecified atom stereocenters. The summed E-state index contributed by atoms with van der Waals surface area (Å²) in [6, 6.07) is 15.1. The number of nitrogens with one attached hydrogen (secondary N) is 1. The molecule has 0 amide bonds. The van der Waals surface area contributed by atoms with E-state index in [1.165, 1.54) is 0 Å². The molecule has 2 N–H and O–H groups in total. The zero-order valence-corrected chi connectivity index (χ0v) is 18.2. The summed E-state index contributed by atoms with van der Waals surface area (Å²) in [7, 11) is 1.71. The van der Waals surface area contributed by atoms with Gasteiger partial charge in [0.05, 0.1) is 30.1 Å². The summed E-state index contributed by atoms with van der Waals surface area (Å²) < 4.78 is 7.56. The van der Waals surface area contributed by atoms with E-state index in [9.17, 15) is 5.11 Å². The van der Waals surface area contributed by atoms with Crippen molar-refractivity contribution in [1.82, 2.24) is 14.9 Å². The van der Waals surface area contributed by atoms with E-state index >= 15 is 0 Å². The van der Waals surface area contributed by atoms with E-state index < -0.39 is 0 Å². The second kappa shape index (κ2) is 8.45. The van der Waals surface area contributed by atoms with Crippen molar-refractivity contribution in [3.8, 4) is 5.75 Å². The third-order valence-electron chi connectivity index (χ3n) is 5.69. The third-order valence-corrected chi connectivity index (χ3v) is 6.00. The van der Waals surface area contributed by atoms with E-state index in [1.54, 1.807) is 19.4 Å². The van der Waals surface area contributed by atoms with Crippen molar-refractivity contribution in [1.29, 1.82) is 0 Å². The minimum absolute atomic E-state index is 0.144. The summed E-state index contributed by atoms with van der Waals surface area (Å²) in [6.45, 7) is 5.65. The zero-order valence-electron chi connectivity index (χ0n) is 17.4. The van der Waals surface area contributed by atoms with Crippen LogP contribution in [0.15, 0.2) is 54.7 Å². The van der Waals surface area contributed by atoms with Gasteiger partial charge in [0.15, 0.2) is 5.11 Å². The first-order chi connectivity index (χ1) is 14.5.